The van der Waals surface area contributed by atoms with Gasteiger partial charge in [0.25, 0.3) is 0 Å². The predicted molar refractivity (Wildman–Crippen MR) is 71.5 cm³/mol. The molecule has 1 N–H and O–H groups in total. The van der Waals surface area contributed by atoms with Crippen LogP contribution in [0.3, 0.4) is 0 Å². The summed E-state index contributed by atoms with van der Waals surface area (Å²) in [5, 5.41) is 10.4. The summed E-state index contributed by atoms with van der Waals surface area (Å²) in [6.45, 7) is 4.43. The highest BCUT2D eigenvalue weighted by molar-refractivity contribution is 5.39. The largest absolute Gasteiger partial charge is 0.486 e. The van der Waals surface area contributed by atoms with Crippen molar-refractivity contribution in [1.29, 1.82) is 0 Å². The summed E-state index contributed by atoms with van der Waals surface area (Å²) in [5.74, 6) is 1.18. The first-order valence-corrected chi connectivity index (χ1v) is 7.18. The van der Waals surface area contributed by atoms with Crippen LogP contribution in [0.2, 0.25) is 0 Å². The van der Waals surface area contributed by atoms with Crippen LogP contribution < -0.4 is 4.74 Å². The standard InChI is InChI=1S/C16H21FO2/c1-10-4-3-7-16(11(10)2)9-14(18)13-6-5-12(17)8-15(13)19-16/h5-6,8,10-11,14,18H,3-4,7,9H2,1-2H3/t10?,11?,14-,16?/m0/s1. The molecule has 1 aliphatic carbocycles. The van der Waals surface area contributed by atoms with Gasteiger partial charge in [-0.2, -0.15) is 0 Å². The normalized spacial score (nSPS) is 37.8. The van der Waals surface area contributed by atoms with Crippen LogP contribution in [0.5, 0.6) is 5.75 Å². The highest BCUT2D eigenvalue weighted by atomic mass is 19.1. The molecule has 1 aliphatic heterocycles. The van der Waals surface area contributed by atoms with Gasteiger partial charge in [-0.15, -0.1) is 0 Å². The summed E-state index contributed by atoms with van der Waals surface area (Å²) in [5.41, 5.74) is 0.398. The quantitative estimate of drug-likeness (QED) is 0.771. The number of aliphatic hydroxyl groups is 1. The average Bonchev–Trinajstić information content (AvgIpc) is 2.35. The maximum atomic E-state index is 13.4. The molecule has 19 heavy (non-hydrogen) atoms. The summed E-state index contributed by atoms with van der Waals surface area (Å²) in [6.07, 6.45) is 3.35. The molecule has 1 fully saturated rings. The molecule has 2 aliphatic rings. The van der Waals surface area contributed by atoms with E-state index in [0.717, 1.165) is 18.4 Å². The molecule has 1 aromatic carbocycles. The molecule has 104 valence electrons. The maximum Gasteiger partial charge on any atom is 0.128 e. The van der Waals surface area contributed by atoms with Crippen molar-refractivity contribution in [2.24, 2.45) is 11.8 Å². The third-order valence-corrected chi connectivity index (χ3v) is 5.13. The van der Waals surface area contributed by atoms with E-state index >= 15 is 0 Å². The fourth-order valence-corrected chi connectivity index (χ4v) is 3.72. The number of rotatable bonds is 0. The van der Waals surface area contributed by atoms with E-state index in [0.29, 0.717) is 24.0 Å². The van der Waals surface area contributed by atoms with E-state index in [1.165, 1.54) is 18.6 Å². The molecule has 3 unspecified atom stereocenters. The first-order valence-electron chi connectivity index (χ1n) is 7.18. The SMILES string of the molecule is CC1CCCC2(C[C@H](O)c3ccc(F)cc3O2)C1C. The smallest absolute Gasteiger partial charge is 0.128 e. The number of hydrogen-bond donors (Lipinski definition) is 1. The van der Waals surface area contributed by atoms with Crippen molar-refractivity contribution in [2.75, 3.05) is 0 Å². The second-order valence-corrected chi connectivity index (χ2v) is 6.23. The maximum absolute atomic E-state index is 13.4. The van der Waals surface area contributed by atoms with Crippen LogP contribution in [-0.4, -0.2) is 10.7 Å². The molecule has 4 atom stereocenters. The Labute approximate surface area is 113 Å². The van der Waals surface area contributed by atoms with Gasteiger partial charge in [0.05, 0.1) is 6.10 Å². The number of aliphatic hydroxyl groups excluding tert-OH is 1. The average molecular weight is 264 g/mol. The van der Waals surface area contributed by atoms with Gasteiger partial charge in [0.15, 0.2) is 0 Å². The van der Waals surface area contributed by atoms with Crippen molar-refractivity contribution in [3.8, 4) is 5.75 Å². The monoisotopic (exact) mass is 264 g/mol. The Hall–Kier alpha value is -1.09. The lowest BCUT2D eigenvalue weighted by Gasteiger charge is -2.49. The lowest BCUT2D eigenvalue weighted by atomic mass is 9.67. The molecule has 1 saturated carbocycles. The second kappa shape index (κ2) is 4.48. The van der Waals surface area contributed by atoms with Crippen molar-refractivity contribution in [2.45, 2.75) is 51.2 Å². The second-order valence-electron chi connectivity index (χ2n) is 6.23. The summed E-state index contributed by atoms with van der Waals surface area (Å²) in [6, 6.07) is 4.43. The summed E-state index contributed by atoms with van der Waals surface area (Å²) in [7, 11) is 0. The van der Waals surface area contributed by atoms with E-state index in [9.17, 15) is 9.50 Å². The van der Waals surface area contributed by atoms with Crippen LogP contribution in [0, 0.1) is 17.7 Å². The molecule has 3 rings (SSSR count). The van der Waals surface area contributed by atoms with E-state index in [1.54, 1.807) is 6.07 Å². The third kappa shape index (κ3) is 2.04. The Balaban J connectivity index is 1.99. The number of halogens is 1. The fraction of sp³-hybridized carbons (Fsp3) is 0.625. The van der Waals surface area contributed by atoms with Crippen LogP contribution in [-0.2, 0) is 0 Å². The van der Waals surface area contributed by atoms with Gasteiger partial charge in [-0.3, -0.25) is 0 Å². The Bertz CT molecular complexity index is 488. The van der Waals surface area contributed by atoms with Gasteiger partial charge in [0, 0.05) is 18.1 Å². The molecule has 0 aromatic heterocycles. The summed E-state index contributed by atoms with van der Waals surface area (Å²) in [4.78, 5) is 0. The van der Waals surface area contributed by atoms with Crippen molar-refractivity contribution in [1.82, 2.24) is 0 Å². The Morgan fingerprint density at radius 2 is 2.16 bits per heavy atom. The summed E-state index contributed by atoms with van der Waals surface area (Å²) < 4.78 is 19.6. The zero-order chi connectivity index (χ0) is 13.6. The first kappa shape index (κ1) is 12.9. The zero-order valence-corrected chi connectivity index (χ0v) is 11.5. The lowest BCUT2D eigenvalue weighted by Crippen LogP contribution is -2.51. The molecule has 1 spiro atoms. The zero-order valence-electron chi connectivity index (χ0n) is 11.5. The molecule has 2 nitrogen and oxygen atoms in total. The van der Waals surface area contributed by atoms with Gasteiger partial charge in [-0.1, -0.05) is 20.3 Å². The third-order valence-electron chi connectivity index (χ3n) is 5.13. The predicted octanol–water partition coefficient (Wildman–Crippen LogP) is 3.84. The summed E-state index contributed by atoms with van der Waals surface area (Å²) >= 11 is 0. The molecule has 1 aromatic rings. The van der Waals surface area contributed by atoms with Crippen LogP contribution in [0.25, 0.3) is 0 Å². The highest BCUT2D eigenvalue weighted by Crippen LogP contribution is 2.50. The van der Waals surface area contributed by atoms with Crippen LogP contribution in [0.1, 0.15) is 51.2 Å². The Kier molecular flexibility index (Phi) is 3.05. The van der Waals surface area contributed by atoms with Crippen molar-refractivity contribution >= 4 is 0 Å². The van der Waals surface area contributed by atoms with Gasteiger partial charge < -0.3 is 9.84 Å². The van der Waals surface area contributed by atoms with Crippen LogP contribution in [0.4, 0.5) is 4.39 Å². The van der Waals surface area contributed by atoms with E-state index in [-0.39, 0.29) is 11.4 Å². The van der Waals surface area contributed by atoms with Crippen LogP contribution >= 0.6 is 0 Å². The number of benzene rings is 1. The lowest BCUT2D eigenvalue weighted by molar-refractivity contribution is -0.0880. The van der Waals surface area contributed by atoms with E-state index in [4.69, 9.17) is 4.74 Å². The van der Waals surface area contributed by atoms with Crippen molar-refractivity contribution in [3.63, 3.8) is 0 Å². The topological polar surface area (TPSA) is 29.5 Å². The van der Waals surface area contributed by atoms with Gasteiger partial charge in [-0.05, 0) is 36.8 Å². The minimum absolute atomic E-state index is 0.306. The molecular weight excluding hydrogens is 243 g/mol. The highest BCUT2D eigenvalue weighted by Gasteiger charge is 2.48. The minimum Gasteiger partial charge on any atom is -0.486 e. The van der Waals surface area contributed by atoms with Crippen molar-refractivity contribution < 1.29 is 14.2 Å². The molecule has 3 heteroatoms. The number of hydrogen-bond acceptors (Lipinski definition) is 2. The first-order chi connectivity index (χ1) is 9.02. The molecule has 1 heterocycles. The molecule has 0 amide bonds. The molecule has 0 saturated heterocycles. The van der Waals surface area contributed by atoms with Crippen molar-refractivity contribution in [3.05, 3.63) is 29.6 Å². The van der Waals surface area contributed by atoms with E-state index in [1.807, 2.05) is 0 Å². The van der Waals surface area contributed by atoms with E-state index < -0.39 is 6.10 Å². The number of ether oxygens (including phenoxy) is 1. The number of fused-ring (bicyclic) bond motifs is 1. The van der Waals surface area contributed by atoms with Crippen LogP contribution in [0.15, 0.2) is 18.2 Å². The van der Waals surface area contributed by atoms with Gasteiger partial charge >= 0.3 is 0 Å². The minimum atomic E-state index is -0.544. The molecule has 0 radical (unpaired) electrons. The molecular formula is C16H21FO2. The fourth-order valence-electron chi connectivity index (χ4n) is 3.72. The Morgan fingerprint density at radius 3 is 2.95 bits per heavy atom. The molecule has 0 bridgehead atoms. The Morgan fingerprint density at radius 1 is 1.37 bits per heavy atom. The van der Waals surface area contributed by atoms with Gasteiger partial charge in [0.1, 0.15) is 17.2 Å². The van der Waals surface area contributed by atoms with E-state index in [2.05, 4.69) is 13.8 Å². The van der Waals surface area contributed by atoms with Gasteiger partial charge in [0.2, 0.25) is 0 Å². The van der Waals surface area contributed by atoms with Gasteiger partial charge in [-0.25, -0.2) is 4.39 Å².